The maximum Gasteiger partial charge on any atom is 0.184 e. The van der Waals surface area contributed by atoms with Gasteiger partial charge in [0, 0.05) is 13.1 Å². The highest BCUT2D eigenvalue weighted by Crippen LogP contribution is 2.31. The number of rotatable bonds is 8. The minimum atomic E-state index is -3.33. The lowest BCUT2D eigenvalue weighted by atomic mass is 10.4. The Kier molecular flexibility index (Phi) is 6.02. The highest BCUT2D eigenvalue weighted by molar-refractivity contribution is 7.91. The van der Waals surface area contributed by atoms with Crippen molar-refractivity contribution in [3.05, 3.63) is 0 Å². The molecule has 0 aliphatic carbocycles. The van der Waals surface area contributed by atoms with Gasteiger partial charge in [-0.1, -0.05) is 20.8 Å². The van der Waals surface area contributed by atoms with Crippen LogP contribution in [0.1, 0.15) is 20.8 Å². The van der Waals surface area contributed by atoms with Crippen molar-refractivity contribution in [2.24, 2.45) is 0 Å². The van der Waals surface area contributed by atoms with Gasteiger partial charge in [0.25, 0.3) is 0 Å². The molecule has 1 aromatic heterocycles. The Morgan fingerprint density at radius 3 is 2.47 bits per heavy atom. The Hall–Kier alpha value is -0.860. The second kappa shape index (κ2) is 7.06. The largest absolute Gasteiger partial charge is 0.382 e. The van der Waals surface area contributed by atoms with Gasteiger partial charge in [-0.25, -0.2) is 8.42 Å². The third-order valence-electron chi connectivity index (χ3n) is 2.97. The number of anilines is 2. The molecule has 0 unspecified atom stereocenters. The topological polar surface area (TPSA) is 88.3 Å². The van der Waals surface area contributed by atoms with Gasteiger partial charge in [0.1, 0.15) is 9.90 Å². The molecule has 19 heavy (non-hydrogen) atoms. The van der Waals surface area contributed by atoms with E-state index in [1.807, 2.05) is 0 Å². The molecule has 110 valence electrons. The quantitative estimate of drug-likeness (QED) is 0.752. The lowest BCUT2D eigenvalue weighted by molar-refractivity contribution is 0.316. The maximum atomic E-state index is 11.9. The van der Waals surface area contributed by atoms with E-state index in [4.69, 9.17) is 5.73 Å². The molecule has 1 heterocycles. The van der Waals surface area contributed by atoms with Gasteiger partial charge in [-0.2, -0.15) is 4.37 Å². The Morgan fingerprint density at radius 2 is 1.95 bits per heavy atom. The lowest BCUT2D eigenvalue weighted by Gasteiger charge is -2.18. The molecule has 0 amide bonds. The minimum Gasteiger partial charge on any atom is -0.382 e. The zero-order chi connectivity index (χ0) is 14.5. The van der Waals surface area contributed by atoms with E-state index in [1.165, 1.54) is 0 Å². The van der Waals surface area contributed by atoms with Crippen molar-refractivity contribution >= 4 is 32.2 Å². The Labute approximate surface area is 119 Å². The van der Waals surface area contributed by atoms with Crippen molar-refractivity contribution in [1.82, 2.24) is 9.27 Å². The molecule has 0 aliphatic heterocycles. The first-order valence-electron chi connectivity index (χ1n) is 6.40. The van der Waals surface area contributed by atoms with E-state index >= 15 is 0 Å². The molecule has 0 spiro atoms. The van der Waals surface area contributed by atoms with Crippen LogP contribution in [0.25, 0.3) is 0 Å². The van der Waals surface area contributed by atoms with Gasteiger partial charge in [-0.05, 0) is 24.6 Å². The molecule has 8 heteroatoms. The van der Waals surface area contributed by atoms with Crippen LogP contribution in [0.5, 0.6) is 0 Å². The van der Waals surface area contributed by atoms with Gasteiger partial charge in [0.2, 0.25) is 0 Å². The normalized spacial score (nSPS) is 12.0. The summed E-state index contributed by atoms with van der Waals surface area (Å²) in [6, 6.07) is 0. The molecular weight excluding hydrogens is 284 g/mol. The molecule has 0 aromatic carbocycles. The van der Waals surface area contributed by atoms with Crippen molar-refractivity contribution in [2.45, 2.75) is 25.7 Å². The minimum absolute atomic E-state index is 0.0281. The molecule has 1 aromatic rings. The molecule has 0 bridgehead atoms. The number of nitrogen functional groups attached to an aromatic ring is 1. The van der Waals surface area contributed by atoms with Crippen LogP contribution in [0.2, 0.25) is 0 Å². The summed E-state index contributed by atoms with van der Waals surface area (Å²) in [5.41, 5.74) is 5.66. The third kappa shape index (κ3) is 4.05. The monoisotopic (exact) mass is 306 g/mol. The van der Waals surface area contributed by atoms with Gasteiger partial charge in [0.05, 0.1) is 5.75 Å². The molecule has 0 atom stereocenters. The van der Waals surface area contributed by atoms with Crippen molar-refractivity contribution in [1.29, 1.82) is 0 Å². The van der Waals surface area contributed by atoms with E-state index < -0.39 is 9.84 Å². The van der Waals surface area contributed by atoms with E-state index in [1.54, 1.807) is 6.92 Å². The molecule has 0 aliphatic rings. The average molecular weight is 306 g/mol. The second-order valence-corrected chi connectivity index (χ2v) is 7.07. The zero-order valence-corrected chi connectivity index (χ0v) is 13.3. The van der Waals surface area contributed by atoms with E-state index in [0.717, 1.165) is 31.2 Å². The van der Waals surface area contributed by atoms with Gasteiger partial charge >= 0.3 is 0 Å². The molecule has 0 fully saturated rings. The number of nitrogens with one attached hydrogen (secondary N) is 1. The summed E-state index contributed by atoms with van der Waals surface area (Å²) in [4.78, 5) is 2.41. The summed E-state index contributed by atoms with van der Waals surface area (Å²) in [5, 5.41) is 3.68. The van der Waals surface area contributed by atoms with Crippen LogP contribution < -0.4 is 11.1 Å². The number of hydrogen-bond donors (Lipinski definition) is 2. The van der Waals surface area contributed by atoms with Crippen LogP contribution in [0.4, 0.5) is 10.8 Å². The third-order valence-corrected chi connectivity index (χ3v) is 5.72. The summed E-state index contributed by atoms with van der Waals surface area (Å²) in [7, 11) is -3.33. The number of hydrogen-bond acceptors (Lipinski definition) is 7. The standard InChI is InChI=1S/C11H22N4O2S2/c1-4-15(5-2)8-7-13-11-9(10(12)14-18-11)19(16,17)6-3/h13H,4-8H2,1-3H3,(H2,12,14). The van der Waals surface area contributed by atoms with Gasteiger partial charge in [-0.15, -0.1) is 0 Å². The van der Waals surface area contributed by atoms with Crippen LogP contribution in [0.3, 0.4) is 0 Å². The lowest BCUT2D eigenvalue weighted by Crippen LogP contribution is -2.28. The summed E-state index contributed by atoms with van der Waals surface area (Å²) in [6.07, 6.45) is 0. The Morgan fingerprint density at radius 1 is 1.32 bits per heavy atom. The molecule has 3 N–H and O–H groups in total. The molecule has 0 saturated carbocycles. The molecule has 1 rings (SSSR count). The van der Waals surface area contributed by atoms with E-state index in [9.17, 15) is 8.42 Å². The highest BCUT2D eigenvalue weighted by atomic mass is 32.2. The van der Waals surface area contributed by atoms with Gasteiger partial charge in [0.15, 0.2) is 15.7 Å². The first-order chi connectivity index (χ1) is 8.96. The summed E-state index contributed by atoms with van der Waals surface area (Å²) in [6.45, 7) is 9.28. The van der Waals surface area contributed by atoms with Crippen LogP contribution in [0.15, 0.2) is 4.90 Å². The maximum absolute atomic E-state index is 11.9. The van der Waals surface area contributed by atoms with E-state index in [-0.39, 0.29) is 16.5 Å². The van der Waals surface area contributed by atoms with Crippen LogP contribution in [-0.2, 0) is 9.84 Å². The number of nitrogens with zero attached hydrogens (tertiary/aromatic N) is 2. The number of aromatic nitrogens is 1. The van der Waals surface area contributed by atoms with Crippen molar-refractivity contribution in [3.63, 3.8) is 0 Å². The molecule has 6 nitrogen and oxygen atoms in total. The first kappa shape index (κ1) is 16.2. The Balaban J connectivity index is 2.76. The molecular formula is C11H22N4O2S2. The SMILES string of the molecule is CCN(CC)CCNc1snc(N)c1S(=O)(=O)CC. The average Bonchev–Trinajstić information content (AvgIpc) is 2.76. The smallest absolute Gasteiger partial charge is 0.184 e. The fourth-order valence-corrected chi connectivity index (χ4v) is 3.91. The Bertz CT molecular complexity index is 495. The molecule has 0 radical (unpaired) electrons. The van der Waals surface area contributed by atoms with Crippen LogP contribution in [-0.4, -0.2) is 49.6 Å². The van der Waals surface area contributed by atoms with Gasteiger partial charge in [-0.3, -0.25) is 0 Å². The number of likely N-dealkylation sites (N-methyl/N-ethyl adjacent to an activating group) is 1. The second-order valence-electron chi connectivity index (χ2n) is 4.08. The highest BCUT2D eigenvalue weighted by Gasteiger charge is 2.23. The van der Waals surface area contributed by atoms with Crippen LogP contribution >= 0.6 is 11.5 Å². The molecule has 0 saturated heterocycles. The van der Waals surface area contributed by atoms with Crippen molar-refractivity contribution in [2.75, 3.05) is 43.0 Å². The number of nitrogens with two attached hydrogens (primary N) is 1. The summed E-state index contributed by atoms with van der Waals surface area (Å²) < 4.78 is 27.8. The van der Waals surface area contributed by atoms with Crippen molar-refractivity contribution < 1.29 is 8.42 Å². The fraction of sp³-hybridized carbons (Fsp3) is 0.727. The van der Waals surface area contributed by atoms with Crippen LogP contribution in [0, 0.1) is 0 Å². The van der Waals surface area contributed by atoms with Gasteiger partial charge < -0.3 is 16.0 Å². The van der Waals surface area contributed by atoms with E-state index in [2.05, 4.69) is 28.4 Å². The summed E-state index contributed by atoms with van der Waals surface area (Å²) >= 11 is 1.10. The first-order valence-corrected chi connectivity index (χ1v) is 8.82. The van der Waals surface area contributed by atoms with E-state index in [0.29, 0.717) is 11.5 Å². The predicted octanol–water partition coefficient (Wildman–Crippen LogP) is 1.27. The number of sulfone groups is 1. The predicted molar refractivity (Wildman–Crippen MR) is 80.5 cm³/mol. The zero-order valence-electron chi connectivity index (χ0n) is 11.6. The van der Waals surface area contributed by atoms with Crippen molar-refractivity contribution in [3.8, 4) is 0 Å². The summed E-state index contributed by atoms with van der Waals surface area (Å²) in [5.74, 6) is 0.123. The fourth-order valence-electron chi connectivity index (χ4n) is 1.72.